The molecule has 0 aliphatic carbocycles. The minimum atomic E-state index is -0.0375. The van der Waals surface area contributed by atoms with E-state index in [0.29, 0.717) is 0 Å². The van der Waals surface area contributed by atoms with Crippen LogP contribution in [0.1, 0.15) is 213 Å². The first-order valence-electron chi connectivity index (χ1n) is 18.2. The Morgan fingerprint density at radius 3 is 0.895 bits per heavy atom. The first kappa shape index (κ1) is 37.9. The minimum Gasteiger partial charge on any atom is -0.393 e. The quantitative estimate of drug-likeness (QED) is 0.0800. The van der Waals surface area contributed by atoms with Crippen LogP contribution in [-0.4, -0.2) is 24.3 Å². The molecule has 230 valence electrons. The zero-order valence-electron chi connectivity index (χ0n) is 26.9. The molecule has 0 spiro atoms. The van der Waals surface area contributed by atoms with E-state index in [4.69, 9.17) is 0 Å². The van der Waals surface area contributed by atoms with Gasteiger partial charge in [0.05, 0.1) is 6.10 Å². The van der Waals surface area contributed by atoms with E-state index in [2.05, 4.69) is 19.2 Å². The highest BCUT2D eigenvalue weighted by atomic mass is 16.3. The Hall–Kier alpha value is -0.0800. The zero-order valence-corrected chi connectivity index (χ0v) is 26.9. The van der Waals surface area contributed by atoms with E-state index >= 15 is 0 Å². The van der Waals surface area contributed by atoms with Gasteiger partial charge in [-0.25, -0.2) is 0 Å². The summed E-state index contributed by atoms with van der Waals surface area (Å²) in [5.41, 5.74) is 0. The fraction of sp³-hybridized carbons (Fsp3) is 1.00. The molecule has 0 amide bonds. The van der Waals surface area contributed by atoms with Crippen LogP contribution in [0.5, 0.6) is 0 Å². The molecule has 0 radical (unpaired) electrons. The highest BCUT2D eigenvalue weighted by molar-refractivity contribution is 4.58. The minimum absolute atomic E-state index is 0.0375. The predicted molar refractivity (Wildman–Crippen MR) is 173 cm³/mol. The molecule has 1 unspecified atom stereocenters. The topological polar surface area (TPSA) is 32.3 Å². The van der Waals surface area contributed by atoms with Crippen molar-refractivity contribution in [1.29, 1.82) is 0 Å². The highest BCUT2D eigenvalue weighted by Gasteiger charge is 2.03. The number of aliphatic hydroxyl groups is 1. The van der Waals surface area contributed by atoms with Gasteiger partial charge in [0.25, 0.3) is 0 Å². The number of nitrogens with one attached hydrogen (secondary N) is 1. The van der Waals surface area contributed by atoms with Crippen LogP contribution in [0.15, 0.2) is 0 Å². The van der Waals surface area contributed by atoms with Gasteiger partial charge < -0.3 is 10.4 Å². The second kappa shape index (κ2) is 34.9. The molecular weight excluding hydrogens is 462 g/mol. The largest absolute Gasteiger partial charge is 0.393 e. The van der Waals surface area contributed by atoms with E-state index in [1.807, 2.05) is 0 Å². The van der Waals surface area contributed by atoms with Gasteiger partial charge in [-0.05, 0) is 38.8 Å². The van der Waals surface area contributed by atoms with Crippen molar-refractivity contribution >= 4 is 0 Å². The van der Waals surface area contributed by atoms with Crippen LogP contribution in [0.3, 0.4) is 0 Å². The van der Waals surface area contributed by atoms with E-state index in [1.165, 1.54) is 199 Å². The molecule has 38 heavy (non-hydrogen) atoms. The van der Waals surface area contributed by atoms with E-state index in [1.54, 1.807) is 0 Å². The lowest BCUT2D eigenvalue weighted by molar-refractivity contribution is 0.147. The lowest BCUT2D eigenvalue weighted by Crippen LogP contribution is -2.16. The summed E-state index contributed by atoms with van der Waals surface area (Å²) in [7, 11) is 0. The molecular formula is C36H75NO. The van der Waals surface area contributed by atoms with Gasteiger partial charge in [-0.15, -0.1) is 0 Å². The van der Waals surface area contributed by atoms with Crippen LogP contribution in [0.2, 0.25) is 0 Å². The molecule has 0 aromatic heterocycles. The average Bonchev–Trinajstić information content (AvgIpc) is 2.92. The second-order valence-corrected chi connectivity index (χ2v) is 12.5. The predicted octanol–water partition coefficient (Wildman–Crippen LogP) is 12.1. The molecule has 2 heteroatoms. The SMILES string of the molecule is CCCCCCCCCCCCCCCCCCNCCCCCCCCCCCC(O)CCCCCC. The average molecular weight is 538 g/mol. The van der Waals surface area contributed by atoms with Crippen LogP contribution in [-0.2, 0) is 0 Å². The number of unbranched alkanes of at least 4 members (excludes halogenated alkanes) is 26. The molecule has 0 aromatic rings. The van der Waals surface area contributed by atoms with Crippen LogP contribution in [0.25, 0.3) is 0 Å². The van der Waals surface area contributed by atoms with Crippen molar-refractivity contribution in [2.45, 2.75) is 219 Å². The summed E-state index contributed by atoms with van der Waals surface area (Å²) in [5, 5.41) is 13.7. The summed E-state index contributed by atoms with van der Waals surface area (Å²) in [4.78, 5) is 0. The summed E-state index contributed by atoms with van der Waals surface area (Å²) in [6.45, 7) is 7.00. The van der Waals surface area contributed by atoms with Crippen molar-refractivity contribution < 1.29 is 5.11 Å². The Bertz CT molecular complexity index is 399. The summed E-state index contributed by atoms with van der Waals surface area (Å²) in [5.74, 6) is 0. The van der Waals surface area contributed by atoms with Crippen molar-refractivity contribution in [3.8, 4) is 0 Å². The van der Waals surface area contributed by atoms with Gasteiger partial charge in [0.15, 0.2) is 0 Å². The van der Waals surface area contributed by atoms with Crippen molar-refractivity contribution in [2.75, 3.05) is 13.1 Å². The van der Waals surface area contributed by atoms with E-state index in [0.717, 1.165) is 12.8 Å². The van der Waals surface area contributed by atoms with E-state index < -0.39 is 0 Å². The van der Waals surface area contributed by atoms with Crippen LogP contribution in [0.4, 0.5) is 0 Å². The van der Waals surface area contributed by atoms with Gasteiger partial charge in [0.2, 0.25) is 0 Å². The molecule has 0 aliphatic heterocycles. The van der Waals surface area contributed by atoms with Crippen molar-refractivity contribution in [2.24, 2.45) is 0 Å². The van der Waals surface area contributed by atoms with E-state index in [-0.39, 0.29) is 6.10 Å². The number of aliphatic hydroxyl groups excluding tert-OH is 1. The Morgan fingerprint density at radius 1 is 0.342 bits per heavy atom. The Kier molecular flexibility index (Phi) is 34.9. The third-order valence-electron chi connectivity index (χ3n) is 8.49. The fourth-order valence-electron chi connectivity index (χ4n) is 5.74. The third-order valence-corrected chi connectivity index (χ3v) is 8.49. The molecule has 0 saturated heterocycles. The smallest absolute Gasteiger partial charge is 0.0540 e. The number of rotatable bonds is 34. The Balaban J connectivity index is 3.06. The molecule has 1 atom stereocenters. The Labute approximate surface area is 242 Å². The van der Waals surface area contributed by atoms with Crippen LogP contribution in [0, 0.1) is 0 Å². The molecule has 0 rings (SSSR count). The number of hydrogen-bond donors (Lipinski definition) is 2. The maximum Gasteiger partial charge on any atom is 0.0540 e. The molecule has 0 aliphatic rings. The van der Waals surface area contributed by atoms with Crippen LogP contribution >= 0.6 is 0 Å². The summed E-state index contributed by atoms with van der Waals surface area (Å²) < 4.78 is 0. The van der Waals surface area contributed by atoms with Crippen molar-refractivity contribution in [3.63, 3.8) is 0 Å². The van der Waals surface area contributed by atoms with Gasteiger partial charge in [-0.2, -0.15) is 0 Å². The lowest BCUT2D eigenvalue weighted by Gasteiger charge is -2.10. The maximum absolute atomic E-state index is 10.0. The molecule has 0 fully saturated rings. The van der Waals surface area contributed by atoms with Gasteiger partial charge >= 0.3 is 0 Å². The van der Waals surface area contributed by atoms with Crippen LogP contribution < -0.4 is 5.32 Å². The van der Waals surface area contributed by atoms with Crippen molar-refractivity contribution in [3.05, 3.63) is 0 Å². The summed E-state index contributed by atoms with van der Waals surface area (Å²) >= 11 is 0. The lowest BCUT2D eigenvalue weighted by atomic mass is 10.0. The standard InChI is InChI=1S/C36H75NO/c1-3-5-7-9-10-11-12-13-14-15-16-17-20-23-26-30-34-37-35-31-27-24-21-18-19-22-25-29-33-36(38)32-28-8-6-4-2/h36-38H,3-35H2,1-2H3. The Morgan fingerprint density at radius 2 is 0.579 bits per heavy atom. The van der Waals surface area contributed by atoms with Crippen molar-refractivity contribution in [1.82, 2.24) is 5.32 Å². The third kappa shape index (κ3) is 33.9. The fourth-order valence-corrected chi connectivity index (χ4v) is 5.74. The van der Waals surface area contributed by atoms with Gasteiger partial charge in [-0.1, -0.05) is 187 Å². The monoisotopic (exact) mass is 538 g/mol. The summed E-state index contributed by atoms with van der Waals surface area (Å²) in [6, 6.07) is 0. The van der Waals surface area contributed by atoms with E-state index in [9.17, 15) is 5.11 Å². The first-order valence-corrected chi connectivity index (χ1v) is 18.2. The highest BCUT2D eigenvalue weighted by Crippen LogP contribution is 2.15. The van der Waals surface area contributed by atoms with Gasteiger partial charge in [0, 0.05) is 0 Å². The summed E-state index contributed by atoms with van der Waals surface area (Å²) in [6.07, 6.45) is 42.6. The molecule has 0 saturated carbocycles. The van der Waals surface area contributed by atoms with Gasteiger partial charge in [0.1, 0.15) is 0 Å². The maximum atomic E-state index is 10.0. The second-order valence-electron chi connectivity index (χ2n) is 12.5. The molecule has 2 N–H and O–H groups in total. The molecule has 0 bridgehead atoms. The molecule has 0 heterocycles. The van der Waals surface area contributed by atoms with Gasteiger partial charge in [-0.3, -0.25) is 0 Å². The molecule has 2 nitrogen and oxygen atoms in total. The normalized spacial score (nSPS) is 12.4. The first-order chi connectivity index (χ1) is 18.8. The molecule has 0 aromatic carbocycles. The number of hydrogen-bond acceptors (Lipinski definition) is 2. The zero-order chi connectivity index (χ0) is 27.6.